The van der Waals surface area contributed by atoms with Gasteiger partial charge in [-0.15, -0.1) is 5.10 Å². The van der Waals surface area contributed by atoms with Gasteiger partial charge >= 0.3 is 0 Å². The molecular weight excluding hydrogens is 402 g/mol. The number of anilines is 1. The molecule has 7 heteroatoms. The van der Waals surface area contributed by atoms with Gasteiger partial charge in [-0.05, 0) is 36.8 Å². The third-order valence-electron chi connectivity index (χ3n) is 5.56. The number of nitrogens with one attached hydrogen (secondary N) is 1. The van der Waals surface area contributed by atoms with Crippen molar-refractivity contribution in [3.63, 3.8) is 0 Å². The first-order chi connectivity index (χ1) is 15.7. The lowest BCUT2D eigenvalue weighted by Crippen LogP contribution is -2.10. The molecule has 1 N–H and O–H groups in total. The monoisotopic (exact) mass is 425 g/mol. The summed E-state index contributed by atoms with van der Waals surface area (Å²) < 4.78 is 12.6. The Hall–Kier alpha value is -4.13. The van der Waals surface area contributed by atoms with Gasteiger partial charge in [-0.25, -0.2) is 4.98 Å². The van der Waals surface area contributed by atoms with Gasteiger partial charge in [-0.1, -0.05) is 53.7 Å². The molecule has 0 aliphatic heterocycles. The molecule has 0 spiro atoms. The lowest BCUT2D eigenvalue weighted by atomic mass is 10.1. The second-order valence-corrected chi connectivity index (χ2v) is 7.50. The topological polar surface area (TPSA) is 73.6 Å². The number of nitrogens with zero attached hydrogens (tertiary/aromatic N) is 4. The molecule has 0 amide bonds. The number of aromatic nitrogens is 4. The molecule has 2 heterocycles. The number of ether oxygens (including phenoxy) is 2. The fourth-order valence-corrected chi connectivity index (χ4v) is 3.87. The van der Waals surface area contributed by atoms with Crippen molar-refractivity contribution in [1.82, 2.24) is 19.8 Å². The molecule has 5 rings (SSSR count). The molecular formula is C25H23N5O2. The maximum atomic E-state index is 5.47. The standard InChI is InChI=1S/C25H23N5O2/c1-16(18-13-14-21(31-2)22(15-18)32-3)26-24-19-11-7-8-12-20(19)30-25(27-24)23(28-29-30)17-9-5-4-6-10-17/h4-16H,1-3H3,(H,26,27). The molecule has 7 nitrogen and oxygen atoms in total. The second kappa shape index (κ2) is 8.19. The first-order valence-corrected chi connectivity index (χ1v) is 10.4. The fourth-order valence-electron chi connectivity index (χ4n) is 3.87. The Bertz CT molecular complexity index is 1400. The van der Waals surface area contributed by atoms with Gasteiger partial charge in [-0.3, -0.25) is 0 Å². The molecule has 0 bridgehead atoms. The largest absolute Gasteiger partial charge is 0.493 e. The summed E-state index contributed by atoms with van der Waals surface area (Å²) in [4.78, 5) is 4.95. The Balaban J connectivity index is 1.61. The summed E-state index contributed by atoms with van der Waals surface area (Å²) in [5.41, 5.74) is 4.43. The van der Waals surface area contributed by atoms with Crippen LogP contribution in [0.15, 0.2) is 72.8 Å². The lowest BCUT2D eigenvalue weighted by molar-refractivity contribution is 0.354. The molecule has 0 fully saturated rings. The van der Waals surface area contributed by atoms with Crippen molar-refractivity contribution in [3.05, 3.63) is 78.4 Å². The quantitative estimate of drug-likeness (QED) is 0.406. The van der Waals surface area contributed by atoms with Crippen LogP contribution in [0, 0.1) is 0 Å². The van der Waals surface area contributed by atoms with E-state index in [1.165, 1.54) is 0 Å². The summed E-state index contributed by atoms with van der Waals surface area (Å²) in [6.45, 7) is 2.09. The average molecular weight is 425 g/mol. The minimum absolute atomic E-state index is 0.0239. The van der Waals surface area contributed by atoms with Crippen molar-refractivity contribution in [2.75, 3.05) is 19.5 Å². The highest BCUT2D eigenvalue weighted by atomic mass is 16.5. The molecule has 0 saturated carbocycles. The predicted octanol–water partition coefficient (Wildman–Crippen LogP) is 5.13. The summed E-state index contributed by atoms with van der Waals surface area (Å²) in [6, 6.07) is 23.9. The first kappa shape index (κ1) is 19.8. The third-order valence-corrected chi connectivity index (χ3v) is 5.56. The molecule has 0 radical (unpaired) electrons. The van der Waals surface area contributed by atoms with Crippen molar-refractivity contribution >= 4 is 22.4 Å². The van der Waals surface area contributed by atoms with E-state index in [1.807, 2.05) is 72.8 Å². The van der Waals surface area contributed by atoms with Crippen LogP contribution in [0.3, 0.4) is 0 Å². The summed E-state index contributed by atoms with van der Waals surface area (Å²) in [5, 5.41) is 13.4. The highest BCUT2D eigenvalue weighted by Crippen LogP contribution is 2.33. The SMILES string of the molecule is COc1ccc(C(C)Nc2nc3c(-c4ccccc4)nnn3c3ccccc23)cc1OC. The summed E-state index contributed by atoms with van der Waals surface area (Å²) >= 11 is 0. The maximum Gasteiger partial charge on any atom is 0.186 e. The minimum Gasteiger partial charge on any atom is -0.493 e. The molecule has 1 unspecified atom stereocenters. The van der Waals surface area contributed by atoms with Crippen molar-refractivity contribution in [2.45, 2.75) is 13.0 Å². The Morgan fingerprint density at radius 3 is 2.41 bits per heavy atom. The molecule has 5 aromatic rings. The van der Waals surface area contributed by atoms with Crippen molar-refractivity contribution in [2.24, 2.45) is 0 Å². The van der Waals surface area contributed by atoms with E-state index in [2.05, 4.69) is 22.6 Å². The minimum atomic E-state index is -0.0239. The van der Waals surface area contributed by atoms with E-state index >= 15 is 0 Å². The number of rotatable bonds is 6. The Morgan fingerprint density at radius 1 is 0.875 bits per heavy atom. The lowest BCUT2D eigenvalue weighted by Gasteiger charge is -2.18. The molecule has 32 heavy (non-hydrogen) atoms. The van der Waals surface area contributed by atoms with Crippen LogP contribution >= 0.6 is 0 Å². The van der Waals surface area contributed by atoms with Crippen LogP contribution in [0.2, 0.25) is 0 Å². The van der Waals surface area contributed by atoms with E-state index in [0.717, 1.165) is 33.5 Å². The van der Waals surface area contributed by atoms with Crippen LogP contribution in [0.25, 0.3) is 27.8 Å². The Kier molecular flexibility index (Phi) is 5.07. The number of methoxy groups -OCH3 is 2. The zero-order valence-corrected chi connectivity index (χ0v) is 18.1. The highest BCUT2D eigenvalue weighted by Gasteiger charge is 2.17. The van der Waals surface area contributed by atoms with Gasteiger partial charge in [0.25, 0.3) is 0 Å². The fraction of sp³-hybridized carbons (Fsp3) is 0.160. The zero-order valence-electron chi connectivity index (χ0n) is 18.1. The smallest absolute Gasteiger partial charge is 0.186 e. The Labute approximate surface area is 185 Å². The molecule has 2 aromatic heterocycles. The number of fused-ring (bicyclic) bond motifs is 3. The van der Waals surface area contributed by atoms with Gasteiger partial charge in [0.1, 0.15) is 11.5 Å². The number of hydrogen-bond donors (Lipinski definition) is 1. The normalized spacial score (nSPS) is 12.1. The van der Waals surface area contributed by atoms with E-state index in [1.54, 1.807) is 18.7 Å². The first-order valence-electron chi connectivity index (χ1n) is 10.4. The van der Waals surface area contributed by atoms with Crippen molar-refractivity contribution in [1.29, 1.82) is 0 Å². The van der Waals surface area contributed by atoms with Gasteiger partial charge in [-0.2, -0.15) is 4.52 Å². The van der Waals surface area contributed by atoms with Crippen LogP contribution in [0.1, 0.15) is 18.5 Å². The molecule has 1 atom stereocenters. The number of hydrogen-bond acceptors (Lipinski definition) is 6. The molecule has 0 aliphatic rings. The second-order valence-electron chi connectivity index (χ2n) is 7.50. The average Bonchev–Trinajstić information content (AvgIpc) is 3.28. The van der Waals surface area contributed by atoms with E-state index < -0.39 is 0 Å². The highest BCUT2D eigenvalue weighted by molar-refractivity contribution is 5.93. The van der Waals surface area contributed by atoms with Crippen LogP contribution in [-0.4, -0.2) is 34.0 Å². The number of benzene rings is 3. The van der Waals surface area contributed by atoms with Gasteiger partial charge in [0.15, 0.2) is 17.1 Å². The van der Waals surface area contributed by atoms with Crippen LogP contribution in [0.5, 0.6) is 11.5 Å². The zero-order chi connectivity index (χ0) is 22.1. The van der Waals surface area contributed by atoms with Crippen molar-refractivity contribution < 1.29 is 9.47 Å². The van der Waals surface area contributed by atoms with Gasteiger partial charge in [0.05, 0.1) is 25.8 Å². The van der Waals surface area contributed by atoms with Crippen LogP contribution in [-0.2, 0) is 0 Å². The maximum absolute atomic E-state index is 5.47. The van der Waals surface area contributed by atoms with Crippen molar-refractivity contribution in [3.8, 4) is 22.8 Å². The predicted molar refractivity (Wildman–Crippen MR) is 125 cm³/mol. The molecule has 0 saturated heterocycles. The third kappa shape index (κ3) is 3.37. The molecule has 3 aromatic carbocycles. The van der Waals surface area contributed by atoms with Crippen LogP contribution < -0.4 is 14.8 Å². The molecule has 160 valence electrons. The number of para-hydroxylation sites is 1. The summed E-state index contributed by atoms with van der Waals surface area (Å²) in [6.07, 6.45) is 0. The Morgan fingerprint density at radius 2 is 1.62 bits per heavy atom. The van der Waals surface area contributed by atoms with E-state index in [4.69, 9.17) is 14.5 Å². The summed E-state index contributed by atoms with van der Waals surface area (Å²) in [5.74, 6) is 2.17. The molecule has 0 aliphatic carbocycles. The van der Waals surface area contributed by atoms with E-state index in [0.29, 0.717) is 17.1 Å². The van der Waals surface area contributed by atoms with E-state index in [-0.39, 0.29) is 6.04 Å². The van der Waals surface area contributed by atoms with Crippen LogP contribution in [0.4, 0.5) is 5.82 Å². The van der Waals surface area contributed by atoms with Gasteiger partial charge < -0.3 is 14.8 Å². The van der Waals surface area contributed by atoms with Gasteiger partial charge in [0.2, 0.25) is 0 Å². The van der Waals surface area contributed by atoms with E-state index in [9.17, 15) is 0 Å². The van der Waals surface area contributed by atoms with Gasteiger partial charge in [0, 0.05) is 10.9 Å². The summed E-state index contributed by atoms with van der Waals surface area (Å²) in [7, 11) is 3.27.